The summed E-state index contributed by atoms with van der Waals surface area (Å²) in [6, 6.07) is 0.0260. The summed E-state index contributed by atoms with van der Waals surface area (Å²) in [5.41, 5.74) is 0. The Labute approximate surface area is 110 Å². The smallest absolute Gasteiger partial charge is 0.237 e. The van der Waals surface area contributed by atoms with Crippen LogP contribution < -0.4 is 10.6 Å². The fourth-order valence-electron chi connectivity index (χ4n) is 2.12. The van der Waals surface area contributed by atoms with Gasteiger partial charge < -0.3 is 15.4 Å². The summed E-state index contributed by atoms with van der Waals surface area (Å²) in [7, 11) is 1.67. The van der Waals surface area contributed by atoms with Gasteiger partial charge in [0.2, 0.25) is 5.91 Å². The van der Waals surface area contributed by atoms with Crippen molar-refractivity contribution in [2.45, 2.75) is 32.9 Å². The fourth-order valence-corrected chi connectivity index (χ4v) is 2.12. The molecule has 2 unspecified atom stereocenters. The molecule has 1 aliphatic rings. The van der Waals surface area contributed by atoms with E-state index in [9.17, 15) is 4.79 Å². The second-order valence-electron chi connectivity index (χ2n) is 5.28. The van der Waals surface area contributed by atoms with E-state index in [0.717, 1.165) is 26.2 Å². The van der Waals surface area contributed by atoms with E-state index in [2.05, 4.69) is 29.4 Å². The van der Waals surface area contributed by atoms with E-state index in [4.69, 9.17) is 4.74 Å². The highest BCUT2D eigenvalue weighted by atomic mass is 16.5. The van der Waals surface area contributed by atoms with Gasteiger partial charge in [0.1, 0.15) is 0 Å². The van der Waals surface area contributed by atoms with Crippen molar-refractivity contribution in [1.29, 1.82) is 0 Å². The van der Waals surface area contributed by atoms with E-state index < -0.39 is 0 Å². The summed E-state index contributed by atoms with van der Waals surface area (Å²) in [5.74, 6) is 0.483. The molecule has 2 N–H and O–H groups in total. The highest BCUT2D eigenvalue weighted by molar-refractivity contribution is 5.81. The lowest BCUT2D eigenvalue weighted by atomic mass is 10.0. The van der Waals surface area contributed by atoms with E-state index in [0.29, 0.717) is 12.5 Å². The van der Waals surface area contributed by atoms with Crippen molar-refractivity contribution in [3.05, 3.63) is 0 Å². The minimum absolute atomic E-state index is 0.0646. The molecule has 0 aliphatic carbocycles. The van der Waals surface area contributed by atoms with E-state index in [1.54, 1.807) is 7.11 Å². The van der Waals surface area contributed by atoms with Crippen LogP contribution in [-0.2, 0) is 9.53 Å². The van der Waals surface area contributed by atoms with E-state index in [-0.39, 0.29) is 18.0 Å². The van der Waals surface area contributed by atoms with Crippen LogP contribution in [0.25, 0.3) is 0 Å². The number of rotatable bonds is 6. The average molecular weight is 257 g/mol. The van der Waals surface area contributed by atoms with Crippen molar-refractivity contribution in [1.82, 2.24) is 15.5 Å². The zero-order valence-electron chi connectivity index (χ0n) is 12.0. The standard InChI is InChI=1S/C13H27N3O2/c1-10(2)12(9-18-4)15-13(17)11(3)16-7-5-14-6-8-16/h10-12,14H,5-9H2,1-4H3,(H,15,17). The maximum atomic E-state index is 12.2. The number of carbonyl (C=O) groups is 1. The van der Waals surface area contributed by atoms with Crippen LogP contribution in [-0.4, -0.2) is 62.8 Å². The minimum atomic E-state index is -0.0646. The maximum Gasteiger partial charge on any atom is 0.237 e. The molecule has 1 saturated heterocycles. The largest absolute Gasteiger partial charge is 0.383 e. The monoisotopic (exact) mass is 257 g/mol. The number of nitrogens with zero attached hydrogens (tertiary/aromatic N) is 1. The van der Waals surface area contributed by atoms with Crippen LogP contribution in [0.1, 0.15) is 20.8 Å². The second kappa shape index (κ2) is 7.71. The highest BCUT2D eigenvalue weighted by Gasteiger charge is 2.25. The summed E-state index contributed by atoms with van der Waals surface area (Å²) >= 11 is 0. The van der Waals surface area contributed by atoms with Gasteiger partial charge in [-0.15, -0.1) is 0 Å². The molecule has 1 aliphatic heterocycles. The van der Waals surface area contributed by atoms with Crippen LogP contribution in [0.5, 0.6) is 0 Å². The SMILES string of the molecule is COCC(NC(=O)C(C)N1CCNCC1)C(C)C. The molecule has 0 aromatic carbocycles. The Bertz CT molecular complexity index is 253. The Hall–Kier alpha value is -0.650. The molecule has 1 heterocycles. The third kappa shape index (κ3) is 4.55. The Morgan fingerprint density at radius 3 is 2.44 bits per heavy atom. The lowest BCUT2D eigenvalue weighted by Crippen LogP contribution is -2.55. The van der Waals surface area contributed by atoms with Crippen LogP contribution in [0, 0.1) is 5.92 Å². The zero-order chi connectivity index (χ0) is 13.5. The molecule has 0 aromatic heterocycles. The van der Waals surface area contributed by atoms with Crippen molar-refractivity contribution >= 4 is 5.91 Å². The molecule has 0 radical (unpaired) electrons. The van der Waals surface area contributed by atoms with Crippen LogP contribution in [0.4, 0.5) is 0 Å². The third-order valence-corrected chi connectivity index (χ3v) is 3.56. The molecule has 1 rings (SSSR count). The lowest BCUT2D eigenvalue weighted by molar-refractivity contribution is -0.127. The fraction of sp³-hybridized carbons (Fsp3) is 0.923. The van der Waals surface area contributed by atoms with Crippen LogP contribution in [0.15, 0.2) is 0 Å². The molecular formula is C13H27N3O2. The molecule has 5 heteroatoms. The Balaban J connectivity index is 2.46. The number of hydrogen-bond acceptors (Lipinski definition) is 4. The van der Waals surface area contributed by atoms with Crippen molar-refractivity contribution < 1.29 is 9.53 Å². The molecule has 0 aromatic rings. The van der Waals surface area contributed by atoms with Crippen LogP contribution in [0.2, 0.25) is 0 Å². The van der Waals surface area contributed by atoms with Gasteiger partial charge in [-0.2, -0.15) is 0 Å². The molecule has 0 spiro atoms. The number of hydrogen-bond donors (Lipinski definition) is 2. The van der Waals surface area contributed by atoms with Gasteiger partial charge in [0.05, 0.1) is 18.7 Å². The molecule has 106 valence electrons. The predicted octanol–water partition coefficient (Wildman–Crippen LogP) is 0.0673. The molecule has 0 saturated carbocycles. The topological polar surface area (TPSA) is 53.6 Å². The van der Waals surface area contributed by atoms with Gasteiger partial charge in [0, 0.05) is 33.3 Å². The third-order valence-electron chi connectivity index (χ3n) is 3.56. The summed E-state index contributed by atoms with van der Waals surface area (Å²) in [6.45, 7) is 10.5. The molecule has 1 fully saturated rings. The average Bonchev–Trinajstić information content (AvgIpc) is 2.38. The summed E-state index contributed by atoms with van der Waals surface area (Å²) in [6.07, 6.45) is 0. The van der Waals surface area contributed by atoms with Crippen molar-refractivity contribution in [3.8, 4) is 0 Å². The van der Waals surface area contributed by atoms with Crippen molar-refractivity contribution in [3.63, 3.8) is 0 Å². The van der Waals surface area contributed by atoms with Gasteiger partial charge in [-0.1, -0.05) is 13.8 Å². The van der Waals surface area contributed by atoms with E-state index >= 15 is 0 Å². The summed E-state index contributed by atoms with van der Waals surface area (Å²) in [4.78, 5) is 14.4. The maximum absolute atomic E-state index is 12.2. The van der Waals surface area contributed by atoms with Crippen LogP contribution >= 0.6 is 0 Å². The van der Waals surface area contributed by atoms with E-state index in [1.165, 1.54) is 0 Å². The summed E-state index contributed by atoms with van der Waals surface area (Å²) in [5, 5.41) is 6.38. The zero-order valence-corrected chi connectivity index (χ0v) is 12.0. The first kappa shape index (κ1) is 15.4. The van der Waals surface area contributed by atoms with Gasteiger partial charge in [-0.05, 0) is 12.8 Å². The van der Waals surface area contributed by atoms with Gasteiger partial charge in [0.25, 0.3) is 0 Å². The number of methoxy groups -OCH3 is 1. The van der Waals surface area contributed by atoms with Crippen molar-refractivity contribution in [2.24, 2.45) is 5.92 Å². The quantitative estimate of drug-likeness (QED) is 0.707. The van der Waals surface area contributed by atoms with Gasteiger partial charge in [-0.3, -0.25) is 9.69 Å². The summed E-state index contributed by atoms with van der Waals surface area (Å²) < 4.78 is 5.15. The van der Waals surface area contributed by atoms with Gasteiger partial charge in [-0.25, -0.2) is 0 Å². The van der Waals surface area contributed by atoms with E-state index in [1.807, 2.05) is 6.92 Å². The number of nitrogens with one attached hydrogen (secondary N) is 2. The second-order valence-corrected chi connectivity index (χ2v) is 5.28. The normalized spacial score (nSPS) is 20.7. The predicted molar refractivity (Wildman–Crippen MR) is 72.5 cm³/mol. The Morgan fingerprint density at radius 2 is 1.94 bits per heavy atom. The number of ether oxygens (including phenoxy) is 1. The molecular weight excluding hydrogens is 230 g/mol. The number of amides is 1. The van der Waals surface area contributed by atoms with Crippen LogP contribution in [0.3, 0.4) is 0 Å². The number of carbonyl (C=O) groups excluding carboxylic acids is 1. The van der Waals surface area contributed by atoms with Crippen molar-refractivity contribution in [2.75, 3.05) is 39.9 Å². The molecule has 1 amide bonds. The first-order chi connectivity index (χ1) is 8.56. The van der Waals surface area contributed by atoms with Gasteiger partial charge >= 0.3 is 0 Å². The Kier molecular flexibility index (Phi) is 6.60. The van der Waals surface area contributed by atoms with Gasteiger partial charge in [0.15, 0.2) is 0 Å². The first-order valence-electron chi connectivity index (χ1n) is 6.80. The molecule has 18 heavy (non-hydrogen) atoms. The Morgan fingerprint density at radius 1 is 1.33 bits per heavy atom. The molecule has 0 bridgehead atoms. The minimum Gasteiger partial charge on any atom is -0.383 e. The molecule has 5 nitrogen and oxygen atoms in total. The lowest BCUT2D eigenvalue weighted by Gasteiger charge is -2.33. The number of piperazine rings is 1. The molecule has 2 atom stereocenters. The highest BCUT2D eigenvalue weighted by Crippen LogP contribution is 2.05. The first-order valence-corrected chi connectivity index (χ1v) is 6.80.